The van der Waals surface area contributed by atoms with E-state index in [0.717, 1.165) is 19.3 Å². The van der Waals surface area contributed by atoms with Crippen molar-refractivity contribution >= 4 is 34.0 Å². The highest BCUT2D eigenvalue weighted by Crippen LogP contribution is 2.27. The predicted molar refractivity (Wildman–Crippen MR) is 96.9 cm³/mol. The van der Waals surface area contributed by atoms with Crippen molar-refractivity contribution in [1.29, 1.82) is 0 Å². The van der Waals surface area contributed by atoms with Crippen molar-refractivity contribution < 1.29 is 19.5 Å². The number of carboxylic acid groups (broad SMARTS) is 1. The molecule has 134 valence electrons. The van der Waals surface area contributed by atoms with E-state index in [2.05, 4.69) is 12.2 Å². The fourth-order valence-corrected chi connectivity index (χ4v) is 3.47. The standard InChI is InChI=1S/C18H27NO4S/c1-3-4-5-6-7-8-9-10-14(20)11-15(21)19-17-16(18(22)23)13(2)12-24-17/h12H,3-11H2,1-2H3,(H,19,21)(H,22,23). The number of nitrogens with one attached hydrogen (secondary N) is 1. The molecule has 0 aromatic carbocycles. The highest BCUT2D eigenvalue weighted by atomic mass is 32.1. The van der Waals surface area contributed by atoms with Gasteiger partial charge in [-0.05, 0) is 24.3 Å². The van der Waals surface area contributed by atoms with Crippen LogP contribution in [0.25, 0.3) is 0 Å². The van der Waals surface area contributed by atoms with Crippen molar-refractivity contribution in [2.24, 2.45) is 0 Å². The topological polar surface area (TPSA) is 83.5 Å². The smallest absolute Gasteiger partial charge is 0.338 e. The number of aryl methyl sites for hydroxylation is 1. The Morgan fingerprint density at radius 2 is 1.71 bits per heavy atom. The maximum Gasteiger partial charge on any atom is 0.338 e. The normalized spacial score (nSPS) is 10.6. The average Bonchev–Trinajstić information content (AvgIpc) is 2.86. The van der Waals surface area contributed by atoms with Gasteiger partial charge in [-0.3, -0.25) is 9.59 Å². The molecule has 1 aromatic heterocycles. The summed E-state index contributed by atoms with van der Waals surface area (Å²) in [6, 6.07) is 0. The second kappa shape index (κ2) is 11.0. The molecule has 1 amide bonds. The van der Waals surface area contributed by atoms with E-state index in [-0.39, 0.29) is 17.8 Å². The average molecular weight is 353 g/mol. The first-order valence-electron chi connectivity index (χ1n) is 8.58. The van der Waals surface area contributed by atoms with E-state index in [9.17, 15) is 14.4 Å². The number of carboxylic acids is 1. The number of aromatic carboxylic acids is 1. The van der Waals surface area contributed by atoms with Crippen LogP contribution in [0.2, 0.25) is 0 Å². The number of hydrogen-bond donors (Lipinski definition) is 2. The molecule has 5 nitrogen and oxygen atoms in total. The van der Waals surface area contributed by atoms with Gasteiger partial charge < -0.3 is 10.4 Å². The number of carbonyl (C=O) groups excluding carboxylic acids is 2. The molecule has 1 rings (SSSR count). The maximum absolute atomic E-state index is 11.9. The fourth-order valence-electron chi connectivity index (χ4n) is 2.52. The molecule has 1 heterocycles. The molecule has 0 unspecified atom stereocenters. The van der Waals surface area contributed by atoms with E-state index >= 15 is 0 Å². The Hall–Kier alpha value is -1.69. The predicted octanol–water partition coefficient (Wildman–Crippen LogP) is 4.79. The van der Waals surface area contributed by atoms with Gasteiger partial charge in [0.05, 0.1) is 12.0 Å². The van der Waals surface area contributed by atoms with Crippen LogP contribution in [0.1, 0.15) is 80.6 Å². The molecule has 6 heteroatoms. The minimum absolute atomic E-state index is 0.0915. The molecule has 0 bridgehead atoms. The molecule has 1 aromatic rings. The van der Waals surface area contributed by atoms with Crippen molar-refractivity contribution in [2.45, 2.75) is 71.6 Å². The Bertz CT molecular complexity index is 565. The lowest BCUT2D eigenvalue weighted by Crippen LogP contribution is -2.17. The monoisotopic (exact) mass is 353 g/mol. The van der Waals surface area contributed by atoms with Crippen molar-refractivity contribution in [3.05, 3.63) is 16.5 Å². The molecule has 0 aliphatic heterocycles. The molecular formula is C18H27NO4S. The summed E-state index contributed by atoms with van der Waals surface area (Å²) in [7, 11) is 0. The lowest BCUT2D eigenvalue weighted by atomic mass is 10.1. The van der Waals surface area contributed by atoms with Crippen LogP contribution >= 0.6 is 11.3 Å². The molecule has 0 aliphatic rings. The molecule has 0 saturated heterocycles. The Balaban J connectivity index is 2.28. The van der Waals surface area contributed by atoms with Crippen LogP contribution in [-0.2, 0) is 9.59 Å². The summed E-state index contributed by atoms with van der Waals surface area (Å²) in [6.07, 6.45) is 8.14. The number of unbranched alkanes of at least 4 members (excludes halogenated alkanes) is 6. The molecule has 0 fully saturated rings. The first-order chi connectivity index (χ1) is 11.5. The van der Waals surface area contributed by atoms with Gasteiger partial charge in [0.1, 0.15) is 10.8 Å². The van der Waals surface area contributed by atoms with Gasteiger partial charge in [-0.25, -0.2) is 4.79 Å². The molecule has 0 radical (unpaired) electrons. The van der Waals surface area contributed by atoms with Gasteiger partial charge in [0.2, 0.25) is 5.91 Å². The number of ketones is 1. The number of thiophene rings is 1. The molecule has 24 heavy (non-hydrogen) atoms. The number of carbonyl (C=O) groups is 3. The summed E-state index contributed by atoms with van der Waals surface area (Å²) in [5.41, 5.74) is 0.713. The van der Waals surface area contributed by atoms with E-state index in [1.165, 1.54) is 37.0 Å². The van der Waals surface area contributed by atoms with E-state index in [4.69, 9.17) is 5.11 Å². The van der Waals surface area contributed by atoms with Gasteiger partial charge in [0.15, 0.2) is 0 Å². The van der Waals surface area contributed by atoms with Crippen molar-refractivity contribution in [3.8, 4) is 0 Å². The summed E-state index contributed by atoms with van der Waals surface area (Å²) in [5, 5.41) is 13.7. The third-order valence-electron chi connectivity index (χ3n) is 3.86. The van der Waals surface area contributed by atoms with Gasteiger partial charge in [-0.1, -0.05) is 45.4 Å². The second-order valence-electron chi connectivity index (χ2n) is 6.06. The Labute approximate surface area is 147 Å². The van der Waals surface area contributed by atoms with Crippen molar-refractivity contribution in [2.75, 3.05) is 5.32 Å². The Kier molecular flexibility index (Phi) is 9.30. The number of hydrogen-bond acceptors (Lipinski definition) is 4. The third kappa shape index (κ3) is 7.25. The SMILES string of the molecule is CCCCCCCCCC(=O)CC(=O)Nc1scc(C)c1C(=O)O. The summed E-state index contributed by atoms with van der Waals surface area (Å²) in [6.45, 7) is 3.86. The summed E-state index contributed by atoms with van der Waals surface area (Å²) >= 11 is 1.17. The minimum atomic E-state index is -1.07. The lowest BCUT2D eigenvalue weighted by Gasteiger charge is -2.05. The highest BCUT2D eigenvalue weighted by Gasteiger charge is 2.18. The zero-order chi connectivity index (χ0) is 17.9. The van der Waals surface area contributed by atoms with E-state index < -0.39 is 11.9 Å². The second-order valence-corrected chi connectivity index (χ2v) is 6.94. The molecule has 0 aliphatic carbocycles. The number of rotatable bonds is 12. The fraction of sp³-hybridized carbons (Fsp3) is 0.611. The zero-order valence-corrected chi connectivity index (χ0v) is 15.3. The minimum Gasteiger partial charge on any atom is -0.478 e. The van der Waals surface area contributed by atoms with Gasteiger partial charge in [-0.2, -0.15) is 0 Å². The van der Waals surface area contributed by atoms with Crippen molar-refractivity contribution in [3.63, 3.8) is 0 Å². The van der Waals surface area contributed by atoms with Gasteiger partial charge in [-0.15, -0.1) is 11.3 Å². The number of amides is 1. The van der Waals surface area contributed by atoms with E-state index in [1.54, 1.807) is 12.3 Å². The molecule has 0 atom stereocenters. The number of anilines is 1. The molecule has 0 saturated carbocycles. The van der Waals surface area contributed by atoms with E-state index in [1.807, 2.05) is 0 Å². The lowest BCUT2D eigenvalue weighted by molar-refractivity contribution is -0.125. The van der Waals surface area contributed by atoms with Gasteiger partial charge in [0.25, 0.3) is 0 Å². The molecular weight excluding hydrogens is 326 g/mol. The van der Waals surface area contributed by atoms with Crippen LogP contribution in [0.4, 0.5) is 5.00 Å². The van der Waals surface area contributed by atoms with Crippen LogP contribution < -0.4 is 5.32 Å². The van der Waals surface area contributed by atoms with Crippen LogP contribution in [0.5, 0.6) is 0 Å². The van der Waals surface area contributed by atoms with Gasteiger partial charge in [0, 0.05) is 6.42 Å². The highest BCUT2D eigenvalue weighted by molar-refractivity contribution is 7.15. The zero-order valence-electron chi connectivity index (χ0n) is 14.5. The summed E-state index contributed by atoms with van der Waals surface area (Å²) < 4.78 is 0. The first kappa shape index (κ1) is 20.4. The van der Waals surface area contributed by atoms with Crippen LogP contribution in [0, 0.1) is 6.92 Å². The summed E-state index contributed by atoms with van der Waals surface area (Å²) in [5.74, 6) is -1.60. The Morgan fingerprint density at radius 1 is 1.08 bits per heavy atom. The summed E-state index contributed by atoms with van der Waals surface area (Å²) in [4.78, 5) is 34.9. The van der Waals surface area contributed by atoms with Crippen molar-refractivity contribution in [1.82, 2.24) is 0 Å². The van der Waals surface area contributed by atoms with E-state index in [0.29, 0.717) is 17.0 Å². The molecule has 2 N–H and O–H groups in total. The largest absolute Gasteiger partial charge is 0.478 e. The number of Topliss-reactive ketones (excluding diaryl/α,β-unsaturated/α-hetero) is 1. The third-order valence-corrected chi connectivity index (χ3v) is 4.87. The van der Waals surface area contributed by atoms with Gasteiger partial charge >= 0.3 is 5.97 Å². The van der Waals surface area contributed by atoms with Crippen LogP contribution in [0.3, 0.4) is 0 Å². The molecule has 0 spiro atoms. The maximum atomic E-state index is 11.9. The van der Waals surface area contributed by atoms with Crippen LogP contribution in [-0.4, -0.2) is 22.8 Å². The Morgan fingerprint density at radius 3 is 2.33 bits per heavy atom. The van der Waals surface area contributed by atoms with Crippen LogP contribution in [0.15, 0.2) is 5.38 Å². The first-order valence-corrected chi connectivity index (χ1v) is 9.46. The quantitative estimate of drug-likeness (QED) is 0.418.